The van der Waals surface area contributed by atoms with Crippen molar-refractivity contribution in [3.8, 4) is 0 Å². The lowest BCUT2D eigenvalue weighted by Crippen LogP contribution is -2.28. The van der Waals surface area contributed by atoms with E-state index in [-0.39, 0.29) is 17.7 Å². The van der Waals surface area contributed by atoms with Crippen LogP contribution in [-0.2, 0) is 11.2 Å². The van der Waals surface area contributed by atoms with Crippen molar-refractivity contribution >= 4 is 34.5 Å². The van der Waals surface area contributed by atoms with Crippen molar-refractivity contribution in [2.24, 2.45) is 5.92 Å². The smallest absolute Gasteiger partial charge is 0.268 e. The third-order valence-electron chi connectivity index (χ3n) is 5.20. The van der Waals surface area contributed by atoms with E-state index in [4.69, 9.17) is 0 Å². The molecule has 0 bridgehead atoms. The van der Waals surface area contributed by atoms with E-state index < -0.39 is 0 Å². The third-order valence-corrected chi connectivity index (χ3v) is 6.05. The van der Waals surface area contributed by atoms with Crippen LogP contribution in [0.25, 0.3) is 0 Å². The van der Waals surface area contributed by atoms with Gasteiger partial charge >= 0.3 is 0 Å². The van der Waals surface area contributed by atoms with Crippen LogP contribution in [-0.4, -0.2) is 18.4 Å². The number of hydrogen-bond acceptors (Lipinski definition) is 3. The Morgan fingerprint density at radius 2 is 1.96 bits per heavy atom. The topological polar surface area (TPSA) is 49.4 Å². The fourth-order valence-corrected chi connectivity index (χ4v) is 4.50. The lowest BCUT2D eigenvalue weighted by atomic mass is 9.88. The molecule has 1 saturated carbocycles. The lowest BCUT2D eigenvalue weighted by molar-refractivity contribution is -0.120. The highest BCUT2D eigenvalue weighted by molar-refractivity contribution is 7.12. The first kappa shape index (κ1) is 16.3. The second kappa shape index (κ2) is 7.00. The average Bonchev–Trinajstić information content (AvgIpc) is 3.31. The maximum absolute atomic E-state index is 12.6. The van der Waals surface area contributed by atoms with Gasteiger partial charge in [-0.05, 0) is 54.5 Å². The summed E-state index contributed by atoms with van der Waals surface area (Å²) in [5.74, 6) is 0.357. The molecular weight excluding hydrogens is 332 g/mol. The van der Waals surface area contributed by atoms with Gasteiger partial charge in [-0.25, -0.2) is 0 Å². The predicted molar refractivity (Wildman–Crippen MR) is 101 cm³/mol. The van der Waals surface area contributed by atoms with E-state index in [1.54, 1.807) is 0 Å². The number of carbonyl (C=O) groups excluding carboxylic acids is 2. The molecule has 0 saturated heterocycles. The maximum atomic E-state index is 12.6. The molecule has 2 amide bonds. The summed E-state index contributed by atoms with van der Waals surface area (Å²) in [5.41, 5.74) is 2.94. The Bertz CT molecular complexity index is 779. The molecule has 1 fully saturated rings. The molecule has 0 radical (unpaired) electrons. The first-order valence-corrected chi connectivity index (χ1v) is 9.89. The van der Waals surface area contributed by atoms with E-state index in [0.717, 1.165) is 53.9 Å². The van der Waals surface area contributed by atoms with Gasteiger partial charge in [0.2, 0.25) is 5.91 Å². The molecule has 25 heavy (non-hydrogen) atoms. The Morgan fingerprint density at radius 3 is 2.72 bits per heavy atom. The standard InChI is InChI=1S/C20H22N2O2S/c23-19(14-5-2-1-3-6-14)21-16-8-9-17-15(13-16)10-11-22(17)20(24)18-7-4-12-25-18/h4,7-9,12-14H,1-3,5-6,10-11H2,(H,21,23). The summed E-state index contributed by atoms with van der Waals surface area (Å²) in [4.78, 5) is 27.6. The summed E-state index contributed by atoms with van der Waals surface area (Å²) < 4.78 is 0. The molecular formula is C20H22N2O2S. The molecule has 1 N–H and O–H groups in total. The SMILES string of the molecule is O=C(Nc1ccc2c(c1)CCN2C(=O)c1cccs1)C1CCCCC1. The summed E-state index contributed by atoms with van der Waals surface area (Å²) in [6.07, 6.45) is 6.39. The van der Waals surface area contributed by atoms with Crippen molar-refractivity contribution < 1.29 is 9.59 Å². The highest BCUT2D eigenvalue weighted by Crippen LogP contribution is 2.33. The monoisotopic (exact) mass is 354 g/mol. The number of carbonyl (C=O) groups is 2. The molecule has 0 atom stereocenters. The minimum Gasteiger partial charge on any atom is -0.326 e. The van der Waals surface area contributed by atoms with Gasteiger partial charge in [-0.15, -0.1) is 11.3 Å². The van der Waals surface area contributed by atoms with Crippen molar-refractivity contribution in [3.05, 3.63) is 46.2 Å². The van der Waals surface area contributed by atoms with Crippen LogP contribution < -0.4 is 10.2 Å². The zero-order valence-electron chi connectivity index (χ0n) is 14.2. The van der Waals surface area contributed by atoms with E-state index >= 15 is 0 Å². The van der Waals surface area contributed by atoms with Crippen molar-refractivity contribution in [1.29, 1.82) is 0 Å². The van der Waals surface area contributed by atoms with Crippen LogP contribution in [0.15, 0.2) is 35.7 Å². The number of thiophene rings is 1. The highest BCUT2D eigenvalue weighted by Gasteiger charge is 2.27. The Hall–Kier alpha value is -2.14. The summed E-state index contributed by atoms with van der Waals surface area (Å²) in [6, 6.07) is 9.67. The van der Waals surface area contributed by atoms with Crippen molar-refractivity contribution in [2.75, 3.05) is 16.8 Å². The number of nitrogens with zero attached hydrogens (tertiary/aromatic N) is 1. The molecule has 5 heteroatoms. The van der Waals surface area contributed by atoms with Crippen LogP contribution in [0.4, 0.5) is 11.4 Å². The highest BCUT2D eigenvalue weighted by atomic mass is 32.1. The summed E-state index contributed by atoms with van der Waals surface area (Å²) in [6.45, 7) is 0.700. The molecule has 1 aromatic carbocycles. The number of amides is 2. The number of hydrogen-bond donors (Lipinski definition) is 1. The van der Waals surface area contributed by atoms with Crippen molar-refractivity contribution in [3.63, 3.8) is 0 Å². The van der Waals surface area contributed by atoms with Crippen molar-refractivity contribution in [2.45, 2.75) is 38.5 Å². The van der Waals surface area contributed by atoms with Crippen LogP contribution in [0.2, 0.25) is 0 Å². The van der Waals surface area contributed by atoms with E-state index in [9.17, 15) is 9.59 Å². The predicted octanol–water partition coefficient (Wildman–Crippen LogP) is 4.47. The van der Waals surface area contributed by atoms with Gasteiger partial charge in [-0.3, -0.25) is 9.59 Å². The first-order valence-electron chi connectivity index (χ1n) is 9.01. The van der Waals surface area contributed by atoms with Gasteiger partial charge in [-0.1, -0.05) is 25.3 Å². The van der Waals surface area contributed by atoms with Gasteiger partial charge in [0.15, 0.2) is 0 Å². The van der Waals surface area contributed by atoms with Crippen LogP contribution in [0.3, 0.4) is 0 Å². The number of rotatable bonds is 3. The third kappa shape index (κ3) is 3.33. The van der Waals surface area contributed by atoms with E-state index in [1.807, 2.05) is 40.6 Å². The fourth-order valence-electron chi connectivity index (χ4n) is 3.83. The maximum Gasteiger partial charge on any atom is 0.268 e. The molecule has 130 valence electrons. The normalized spacial score (nSPS) is 17.4. The number of nitrogens with one attached hydrogen (secondary N) is 1. The van der Waals surface area contributed by atoms with Gasteiger partial charge in [0.25, 0.3) is 5.91 Å². The average molecular weight is 354 g/mol. The minimum atomic E-state index is 0.0627. The van der Waals surface area contributed by atoms with Crippen LogP contribution in [0, 0.1) is 5.92 Å². The molecule has 0 unspecified atom stereocenters. The van der Waals surface area contributed by atoms with Crippen molar-refractivity contribution in [1.82, 2.24) is 0 Å². The van der Waals surface area contributed by atoms with Gasteiger partial charge in [-0.2, -0.15) is 0 Å². The molecule has 4 nitrogen and oxygen atoms in total. The molecule has 1 aromatic heterocycles. The molecule has 2 aliphatic rings. The Balaban J connectivity index is 1.47. The molecule has 1 aliphatic heterocycles. The Labute approximate surface area is 151 Å². The number of benzene rings is 1. The summed E-state index contributed by atoms with van der Waals surface area (Å²) in [5, 5.41) is 5.00. The lowest BCUT2D eigenvalue weighted by Gasteiger charge is -2.21. The molecule has 1 aliphatic carbocycles. The van der Waals surface area contributed by atoms with Gasteiger partial charge in [0, 0.05) is 23.8 Å². The second-order valence-electron chi connectivity index (χ2n) is 6.85. The minimum absolute atomic E-state index is 0.0627. The first-order chi connectivity index (χ1) is 12.2. The second-order valence-corrected chi connectivity index (χ2v) is 7.80. The van der Waals surface area contributed by atoms with Crippen LogP contribution in [0.5, 0.6) is 0 Å². The Morgan fingerprint density at radius 1 is 1.12 bits per heavy atom. The van der Waals surface area contributed by atoms with E-state index in [1.165, 1.54) is 17.8 Å². The zero-order chi connectivity index (χ0) is 17.2. The fraction of sp³-hybridized carbons (Fsp3) is 0.400. The number of fused-ring (bicyclic) bond motifs is 1. The van der Waals surface area contributed by atoms with Gasteiger partial charge in [0.05, 0.1) is 4.88 Å². The summed E-state index contributed by atoms with van der Waals surface area (Å²) in [7, 11) is 0. The zero-order valence-corrected chi connectivity index (χ0v) is 15.0. The van der Waals surface area contributed by atoms with Gasteiger partial charge in [0.1, 0.15) is 0 Å². The van der Waals surface area contributed by atoms with Crippen LogP contribution >= 0.6 is 11.3 Å². The summed E-state index contributed by atoms with van der Waals surface area (Å²) >= 11 is 1.47. The quantitative estimate of drug-likeness (QED) is 0.884. The molecule has 2 heterocycles. The number of anilines is 2. The van der Waals surface area contributed by atoms with Crippen LogP contribution in [0.1, 0.15) is 47.3 Å². The molecule has 0 spiro atoms. The largest absolute Gasteiger partial charge is 0.326 e. The van der Waals surface area contributed by atoms with E-state index in [0.29, 0.717) is 6.54 Å². The molecule has 4 rings (SSSR count). The Kier molecular flexibility index (Phi) is 4.57. The van der Waals surface area contributed by atoms with Gasteiger partial charge < -0.3 is 10.2 Å². The molecule has 2 aromatic rings. The van der Waals surface area contributed by atoms with E-state index in [2.05, 4.69) is 5.32 Å².